The van der Waals surface area contributed by atoms with Gasteiger partial charge in [-0.3, -0.25) is 0 Å². The summed E-state index contributed by atoms with van der Waals surface area (Å²) in [6.45, 7) is -0.192. The minimum atomic E-state index is -1.04. The quantitative estimate of drug-likeness (QED) is 0.580. The average molecular weight is 449 g/mol. The van der Waals surface area contributed by atoms with Crippen molar-refractivity contribution in [2.24, 2.45) is 0 Å². The number of methoxy groups -OCH3 is 1. The summed E-state index contributed by atoms with van der Waals surface area (Å²) in [5.74, 6) is -2.18. The van der Waals surface area contributed by atoms with Gasteiger partial charge in [-0.15, -0.1) is 0 Å². The van der Waals surface area contributed by atoms with Crippen LogP contribution >= 0.6 is 11.6 Å². The third kappa shape index (κ3) is 4.26. The fourth-order valence-electron chi connectivity index (χ4n) is 4.20. The van der Waals surface area contributed by atoms with Gasteiger partial charge in [-0.1, -0.05) is 48.0 Å². The van der Waals surface area contributed by atoms with Crippen LogP contribution in [0.25, 0.3) is 10.8 Å². The number of halogens is 3. The first-order chi connectivity index (χ1) is 14.9. The lowest BCUT2D eigenvalue weighted by Gasteiger charge is -2.33. The maximum Gasteiger partial charge on any atom is 0.200 e. The molecule has 0 amide bonds. The zero-order valence-corrected chi connectivity index (χ0v) is 17.7. The van der Waals surface area contributed by atoms with Gasteiger partial charge in [0, 0.05) is 24.6 Å². The zero-order valence-electron chi connectivity index (χ0n) is 16.9. The van der Waals surface area contributed by atoms with Gasteiger partial charge >= 0.3 is 0 Å². The molecule has 1 heterocycles. The Balaban J connectivity index is 1.80. The predicted molar refractivity (Wildman–Crippen MR) is 115 cm³/mol. The van der Waals surface area contributed by atoms with E-state index in [9.17, 15) is 19.0 Å². The van der Waals surface area contributed by atoms with Gasteiger partial charge < -0.3 is 19.7 Å². The highest BCUT2D eigenvalue weighted by atomic mass is 35.5. The molecule has 1 saturated heterocycles. The lowest BCUT2D eigenvalue weighted by Crippen LogP contribution is -2.33. The largest absolute Gasteiger partial charge is 0.494 e. The number of hydrogen-bond acceptors (Lipinski definition) is 4. The summed E-state index contributed by atoms with van der Waals surface area (Å²) in [6, 6.07) is 12.2. The number of aliphatic hydroxyl groups is 2. The van der Waals surface area contributed by atoms with Crippen molar-refractivity contribution >= 4 is 22.4 Å². The molecule has 0 spiro atoms. The van der Waals surface area contributed by atoms with Crippen LogP contribution in [0.3, 0.4) is 0 Å². The van der Waals surface area contributed by atoms with Crippen molar-refractivity contribution in [1.82, 2.24) is 0 Å². The Kier molecular flexibility index (Phi) is 6.44. The van der Waals surface area contributed by atoms with Gasteiger partial charge in [0.15, 0.2) is 11.6 Å². The summed E-state index contributed by atoms with van der Waals surface area (Å²) in [6.07, 6.45) is -0.738. The van der Waals surface area contributed by atoms with Crippen LogP contribution < -0.4 is 4.74 Å². The molecule has 3 aromatic rings. The van der Waals surface area contributed by atoms with Gasteiger partial charge in [-0.2, -0.15) is 4.39 Å². The molecule has 1 aliphatic heterocycles. The van der Waals surface area contributed by atoms with Crippen LogP contribution in [-0.4, -0.2) is 36.1 Å². The van der Waals surface area contributed by atoms with Crippen LogP contribution in [0.2, 0.25) is 5.02 Å². The van der Waals surface area contributed by atoms with E-state index in [1.165, 1.54) is 19.2 Å². The molecule has 1 fully saturated rings. The van der Waals surface area contributed by atoms with Crippen LogP contribution in [0, 0.1) is 11.6 Å². The lowest BCUT2D eigenvalue weighted by molar-refractivity contribution is -0.113. The van der Waals surface area contributed by atoms with Crippen LogP contribution in [0.1, 0.15) is 35.6 Å². The predicted octanol–water partition coefficient (Wildman–Crippen LogP) is 4.94. The second-order valence-electron chi connectivity index (χ2n) is 7.77. The Labute approximate surface area is 184 Å². The Bertz CT molecular complexity index is 1100. The van der Waals surface area contributed by atoms with E-state index in [1.54, 1.807) is 0 Å². The van der Waals surface area contributed by atoms with E-state index < -0.39 is 29.9 Å². The van der Waals surface area contributed by atoms with Crippen LogP contribution in [-0.2, 0) is 11.2 Å². The standard InChI is InChI=1S/C24H23ClF2O4/c1-30-20-7-6-13(23(26)24(20)27)8-14-9-19(17-4-2-3-5-18(17)22(14)25)21-11-15(29)10-16(12-28)31-21/h2-7,9,15-16,21,28-29H,8,10-12H2,1H3. The van der Waals surface area contributed by atoms with Gasteiger partial charge in [0.1, 0.15) is 0 Å². The average Bonchev–Trinajstić information content (AvgIpc) is 2.78. The van der Waals surface area contributed by atoms with Gasteiger partial charge in [0.05, 0.1) is 37.1 Å². The molecule has 164 valence electrons. The Hall–Kier alpha value is -2.25. The summed E-state index contributed by atoms with van der Waals surface area (Å²) < 4.78 is 39.7. The number of fused-ring (bicyclic) bond motifs is 1. The van der Waals surface area contributed by atoms with E-state index in [0.717, 1.165) is 16.3 Å². The minimum Gasteiger partial charge on any atom is -0.494 e. The highest BCUT2D eigenvalue weighted by molar-refractivity contribution is 6.36. The molecular weight excluding hydrogens is 426 g/mol. The number of aliphatic hydroxyl groups excluding tert-OH is 2. The topological polar surface area (TPSA) is 58.9 Å². The second kappa shape index (κ2) is 9.09. The summed E-state index contributed by atoms with van der Waals surface area (Å²) >= 11 is 6.67. The maximum atomic E-state index is 14.6. The maximum absolute atomic E-state index is 14.6. The van der Waals surface area contributed by atoms with Gasteiger partial charge in [0.25, 0.3) is 0 Å². The zero-order chi connectivity index (χ0) is 22.1. The lowest BCUT2D eigenvalue weighted by atomic mass is 9.90. The number of hydrogen-bond donors (Lipinski definition) is 2. The molecule has 7 heteroatoms. The van der Waals surface area contributed by atoms with Crippen molar-refractivity contribution in [3.05, 3.63) is 75.8 Å². The van der Waals surface area contributed by atoms with E-state index >= 15 is 0 Å². The molecular formula is C24H23ClF2O4. The van der Waals surface area contributed by atoms with Crippen molar-refractivity contribution in [2.45, 2.75) is 37.6 Å². The van der Waals surface area contributed by atoms with Gasteiger partial charge in [-0.25, -0.2) is 4.39 Å². The first kappa shape index (κ1) is 22.0. The smallest absolute Gasteiger partial charge is 0.200 e. The monoisotopic (exact) mass is 448 g/mol. The number of rotatable bonds is 5. The molecule has 0 saturated carbocycles. The van der Waals surface area contributed by atoms with Crippen molar-refractivity contribution in [3.8, 4) is 5.75 Å². The summed E-state index contributed by atoms with van der Waals surface area (Å²) in [4.78, 5) is 0. The Morgan fingerprint density at radius 2 is 1.81 bits per heavy atom. The normalized spacial score (nSPS) is 21.4. The second-order valence-corrected chi connectivity index (χ2v) is 8.15. The molecule has 0 aromatic heterocycles. The molecule has 3 atom stereocenters. The molecule has 1 aliphatic rings. The molecule has 2 N–H and O–H groups in total. The number of ether oxygens (including phenoxy) is 2. The summed E-state index contributed by atoms with van der Waals surface area (Å²) in [5, 5.41) is 21.9. The molecule has 0 bridgehead atoms. The van der Waals surface area contributed by atoms with Crippen molar-refractivity contribution < 1.29 is 28.5 Å². The first-order valence-corrected chi connectivity index (χ1v) is 10.5. The molecule has 0 aliphatic carbocycles. The molecule has 4 nitrogen and oxygen atoms in total. The fraction of sp³-hybridized carbons (Fsp3) is 0.333. The third-order valence-electron chi connectivity index (χ3n) is 5.74. The molecule has 3 unspecified atom stereocenters. The van der Waals surface area contributed by atoms with Crippen LogP contribution in [0.15, 0.2) is 42.5 Å². The Morgan fingerprint density at radius 3 is 2.52 bits per heavy atom. The van der Waals surface area contributed by atoms with Crippen molar-refractivity contribution in [1.29, 1.82) is 0 Å². The Morgan fingerprint density at radius 1 is 1.06 bits per heavy atom. The van der Waals surface area contributed by atoms with Crippen molar-refractivity contribution in [2.75, 3.05) is 13.7 Å². The first-order valence-electron chi connectivity index (χ1n) is 10.1. The third-order valence-corrected chi connectivity index (χ3v) is 6.19. The summed E-state index contributed by atoms with van der Waals surface area (Å²) in [5.41, 5.74) is 1.56. The number of benzene rings is 3. The van der Waals surface area contributed by atoms with Gasteiger partial charge in [0.2, 0.25) is 5.82 Å². The van der Waals surface area contributed by atoms with Gasteiger partial charge in [-0.05, 0) is 28.1 Å². The molecule has 0 radical (unpaired) electrons. The SMILES string of the molecule is COc1ccc(Cc2cc(C3CC(O)CC(CO)O3)c3ccccc3c2Cl)c(F)c1F. The fourth-order valence-corrected chi connectivity index (χ4v) is 4.49. The minimum absolute atomic E-state index is 0.0715. The van der Waals surface area contributed by atoms with E-state index in [-0.39, 0.29) is 24.3 Å². The molecule has 3 aromatic carbocycles. The van der Waals surface area contributed by atoms with E-state index in [2.05, 4.69) is 0 Å². The molecule has 31 heavy (non-hydrogen) atoms. The molecule has 4 rings (SSSR count). The highest BCUT2D eigenvalue weighted by Gasteiger charge is 2.31. The van der Waals surface area contributed by atoms with Crippen LogP contribution in [0.5, 0.6) is 5.75 Å². The highest BCUT2D eigenvalue weighted by Crippen LogP contribution is 2.40. The van der Waals surface area contributed by atoms with Crippen molar-refractivity contribution in [3.63, 3.8) is 0 Å². The summed E-state index contributed by atoms with van der Waals surface area (Å²) in [7, 11) is 1.28. The van der Waals surface area contributed by atoms with E-state index in [0.29, 0.717) is 23.4 Å². The van der Waals surface area contributed by atoms with Crippen LogP contribution in [0.4, 0.5) is 8.78 Å². The van der Waals surface area contributed by atoms with E-state index in [1.807, 2.05) is 30.3 Å². The van der Waals surface area contributed by atoms with E-state index in [4.69, 9.17) is 21.1 Å².